The number of allylic oxidation sites excluding steroid dienone is 2. The summed E-state index contributed by atoms with van der Waals surface area (Å²) in [6, 6.07) is 0. The van der Waals surface area contributed by atoms with E-state index in [2.05, 4.69) is 0 Å². The minimum atomic E-state index is -0.523. The monoisotopic (exact) mass is 336 g/mol. The normalized spacial score (nSPS) is 29.7. The van der Waals surface area contributed by atoms with Crippen LogP contribution in [0.2, 0.25) is 0 Å². The lowest BCUT2D eigenvalue weighted by Gasteiger charge is -2.35. The van der Waals surface area contributed by atoms with E-state index in [0.717, 1.165) is 24.7 Å². The van der Waals surface area contributed by atoms with E-state index in [-0.39, 0.29) is 17.8 Å². The van der Waals surface area contributed by atoms with Gasteiger partial charge in [0.15, 0.2) is 0 Å². The van der Waals surface area contributed by atoms with Crippen molar-refractivity contribution in [2.45, 2.75) is 66.1 Å². The van der Waals surface area contributed by atoms with Crippen molar-refractivity contribution in [2.24, 2.45) is 11.8 Å². The fourth-order valence-corrected chi connectivity index (χ4v) is 3.17. The number of carbonyl (C=O) groups excluding carboxylic acids is 3. The van der Waals surface area contributed by atoms with Crippen molar-refractivity contribution < 1.29 is 23.9 Å². The molecule has 0 saturated heterocycles. The number of esters is 2. The minimum Gasteiger partial charge on any atom is -0.462 e. The maximum absolute atomic E-state index is 11.6. The van der Waals surface area contributed by atoms with Crippen LogP contribution < -0.4 is 0 Å². The van der Waals surface area contributed by atoms with Crippen LogP contribution in [0.1, 0.15) is 53.9 Å². The molecule has 1 aliphatic carbocycles. The van der Waals surface area contributed by atoms with Crippen molar-refractivity contribution in [1.82, 2.24) is 0 Å². The van der Waals surface area contributed by atoms with Gasteiger partial charge in [-0.1, -0.05) is 25.5 Å². The maximum atomic E-state index is 11.6. The van der Waals surface area contributed by atoms with E-state index in [1.165, 1.54) is 13.8 Å². The minimum absolute atomic E-state index is 0.0927. The Hall–Kier alpha value is -1.91. The molecule has 0 spiro atoms. The zero-order valence-corrected chi connectivity index (χ0v) is 15.2. The van der Waals surface area contributed by atoms with E-state index in [9.17, 15) is 14.4 Å². The van der Waals surface area contributed by atoms with Crippen LogP contribution in [0.25, 0.3) is 0 Å². The van der Waals surface area contributed by atoms with Crippen LogP contribution in [0.5, 0.6) is 0 Å². The highest BCUT2D eigenvalue weighted by atomic mass is 16.6. The molecule has 0 aromatic rings. The largest absolute Gasteiger partial charge is 0.462 e. The summed E-state index contributed by atoms with van der Waals surface area (Å²) < 4.78 is 11.1. The lowest BCUT2D eigenvalue weighted by molar-refractivity contribution is -0.158. The maximum Gasteiger partial charge on any atom is 0.303 e. The zero-order valence-electron chi connectivity index (χ0n) is 15.2. The Morgan fingerprint density at radius 1 is 1.21 bits per heavy atom. The third kappa shape index (κ3) is 6.30. The van der Waals surface area contributed by atoms with Gasteiger partial charge in [-0.25, -0.2) is 0 Å². The van der Waals surface area contributed by atoms with Gasteiger partial charge in [-0.3, -0.25) is 14.4 Å². The first-order chi connectivity index (χ1) is 11.2. The van der Waals surface area contributed by atoms with Crippen LogP contribution in [0.15, 0.2) is 23.3 Å². The van der Waals surface area contributed by atoms with Gasteiger partial charge in [0.05, 0.1) is 0 Å². The van der Waals surface area contributed by atoms with Crippen LogP contribution in [-0.4, -0.2) is 30.4 Å². The average molecular weight is 336 g/mol. The van der Waals surface area contributed by atoms with E-state index in [1.54, 1.807) is 0 Å². The average Bonchev–Trinajstić information content (AvgIpc) is 2.43. The highest BCUT2D eigenvalue weighted by Gasteiger charge is 2.36. The van der Waals surface area contributed by atoms with E-state index in [0.29, 0.717) is 12.0 Å². The van der Waals surface area contributed by atoms with Gasteiger partial charge in [0.25, 0.3) is 0 Å². The fraction of sp³-hybridized carbons (Fsp3) is 0.632. The Balaban J connectivity index is 3.33. The first-order valence-corrected chi connectivity index (χ1v) is 8.40. The highest BCUT2D eigenvalue weighted by Crippen LogP contribution is 2.31. The van der Waals surface area contributed by atoms with E-state index in [1.807, 2.05) is 32.9 Å². The summed E-state index contributed by atoms with van der Waals surface area (Å²) in [7, 11) is 0. The molecule has 0 bridgehead atoms. The summed E-state index contributed by atoms with van der Waals surface area (Å²) in [5.74, 6) is -0.918. The first-order valence-electron chi connectivity index (χ1n) is 8.40. The number of hydrogen-bond donors (Lipinski definition) is 0. The van der Waals surface area contributed by atoms with Gasteiger partial charge in [-0.2, -0.15) is 0 Å². The molecule has 0 radical (unpaired) electrons. The van der Waals surface area contributed by atoms with E-state index >= 15 is 0 Å². The van der Waals surface area contributed by atoms with Crippen LogP contribution in [0, 0.1) is 11.8 Å². The molecule has 0 aromatic carbocycles. The second-order valence-electron chi connectivity index (χ2n) is 6.70. The Kier molecular flexibility index (Phi) is 7.89. The molecule has 0 heterocycles. The second kappa shape index (κ2) is 9.40. The molecule has 0 aromatic heterocycles. The lowest BCUT2D eigenvalue weighted by Crippen LogP contribution is -2.40. The van der Waals surface area contributed by atoms with Crippen molar-refractivity contribution in [3.8, 4) is 0 Å². The molecule has 0 unspecified atom stereocenters. The summed E-state index contributed by atoms with van der Waals surface area (Å²) in [5.41, 5.74) is 1.69. The van der Waals surface area contributed by atoms with Crippen LogP contribution >= 0.6 is 0 Å². The van der Waals surface area contributed by atoms with Crippen molar-refractivity contribution in [2.75, 3.05) is 0 Å². The number of rotatable bonds is 4. The zero-order chi connectivity index (χ0) is 18.3. The highest BCUT2D eigenvalue weighted by molar-refractivity contribution is 5.73. The Labute approximate surface area is 144 Å². The quantitative estimate of drug-likeness (QED) is 0.447. The predicted molar refractivity (Wildman–Crippen MR) is 91.2 cm³/mol. The van der Waals surface area contributed by atoms with Crippen LogP contribution in [0.4, 0.5) is 0 Å². The van der Waals surface area contributed by atoms with Gasteiger partial charge >= 0.3 is 11.9 Å². The number of carbonyl (C=O) groups is 3. The Morgan fingerprint density at radius 2 is 1.83 bits per heavy atom. The Bertz CT molecular complexity index is 530. The van der Waals surface area contributed by atoms with E-state index in [4.69, 9.17) is 9.47 Å². The molecule has 0 aliphatic heterocycles. The molecule has 0 fully saturated rings. The lowest BCUT2D eigenvalue weighted by atomic mass is 9.81. The van der Waals surface area contributed by atoms with Gasteiger partial charge in [-0.05, 0) is 37.3 Å². The standard InChI is InChI=1S/C19H28O5/c1-12(2)19-17(23-14(4)21)9-13(3)7-6-8-16(11-20)10-18(19)24-15(5)22/h8-9,11-12,17-19H,6-7,10H2,1-5H3/b13-9-,16-8+/t17-,18-,19-/m1/s1. The molecule has 1 aliphatic rings. The third-order valence-corrected chi connectivity index (χ3v) is 4.18. The molecule has 24 heavy (non-hydrogen) atoms. The van der Waals surface area contributed by atoms with Crippen molar-refractivity contribution in [3.63, 3.8) is 0 Å². The molecule has 1 rings (SSSR count). The second-order valence-corrected chi connectivity index (χ2v) is 6.70. The predicted octanol–water partition coefficient (Wildman–Crippen LogP) is 3.38. The summed E-state index contributed by atoms with van der Waals surface area (Å²) >= 11 is 0. The number of aldehydes is 1. The summed E-state index contributed by atoms with van der Waals surface area (Å²) in [6.45, 7) is 8.69. The molecular weight excluding hydrogens is 308 g/mol. The molecule has 134 valence electrons. The van der Waals surface area contributed by atoms with Gasteiger partial charge in [0.1, 0.15) is 18.5 Å². The van der Waals surface area contributed by atoms with Crippen molar-refractivity contribution in [3.05, 3.63) is 23.3 Å². The molecule has 5 nitrogen and oxygen atoms in total. The van der Waals surface area contributed by atoms with Gasteiger partial charge in [-0.15, -0.1) is 0 Å². The molecule has 0 saturated carbocycles. The van der Waals surface area contributed by atoms with Gasteiger partial charge in [0, 0.05) is 26.2 Å². The SMILES string of the molecule is CC(=O)O[C@@H]1/C=C(/C)CC/C=C(/C=O)C[C@@H](OC(C)=O)[C@@H]1C(C)C. The number of ether oxygens (including phenoxy) is 2. The summed E-state index contributed by atoms with van der Waals surface area (Å²) in [6.07, 6.45) is 5.49. The molecule has 0 N–H and O–H groups in total. The third-order valence-electron chi connectivity index (χ3n) is 4.18. The molecule has 3 atom stereocenters. The number of hydrogen-bond acceptors (Lipinski definition) is 5. The van der Waals surface area contributed by atoms with Gasteiger partial charge < -0.3 is 9.47 Å². The summed E-state index contributed by atoms with van der Waals surface area (Å²) in [4.78, 5) is 34.5. The molecule has 0 amide bonds. The van der Waals surface area contributed by atoms with E-state index < -0.39 is 18.2 Å². The van der Waals surface area contributed by atoms with Crippen LogP contribution in [0.3, 0.4) is 0 Å². The molecular formula is C19H28O5. The first kappa shape index (κ1) is 20.1. The Morgan fingerprint density at radius 3 is 2.33 bits per heavy atom. The molecule has 5 heteroatoms. The fourth-order valence-electron chi connectivity index (χ4n) is 3.17. The van der Waals surface area contributed by atoms with Crippen LogP contribution in [-0.2, 0) is 23.9 Å². The summed E-state index contributed by atoms with van der Waals surface area (Å²) in [5, 5.41) is 0. The smallest absolute Gasteiger partial charge is 0.303 e. The topological polar surface area (TPSA) is 69.7 Å². The van der Waals surface area contributed by atoms with Crippen molar-refractivity contribution >= 4 is 18.2 Å². The van der Waals surface area contributed by atoms with Crippen molar-refractivity contribution in [1.29, 1.82) is 0 Å². The van der Waals surface area contributed by atoms with Gasteiger partial charge in [0.2, 0.25) is 0 Å².